The lowest BCUT2D eigenvalue weighted by atomic mass is 9.89. The molecular formula is C12H26N2O2. The molecule has 0 radical (unpaired) electrons. The number of carbonyl (C=O) groups excluding carboxylic acids is 1. The van der Waals surface area contributed by atoms with Crippen LogP contribution < -0.4 is 10.6 Å². The molecular weight excluding hydrogens is 204 g/mol. The third kappa shape index (κ3) is 6.80. The molecule has 0 saturated carbocycles. The standard InChI is InChI=1S/C12H26N2O2/c1-4-7-14-11(16)6-8-13-9-12(3,5-2)10-15/h13,15H,4-10H2,1-3H3,(H,14,16). The summed E-state index contributed by atoms with van der Waals surface area (Å²) in [5.41, 5.74) is -0.0695. The summed E-state index contributed by atoms with van der Waals surface area (Å²) in [6.07, 6.45) is 2.40. The van der Waals surface area contributed by atoms with Gasteiger partial charge in [0.2, 0.25) is 5.91 Å². The maximum absolute atomic E-state index is 11.3. The Balaban J connectivity index is 3.55. The van der Waals surface area contributed by atoms with Crippen LogP contribution in [0.4, 0.5) is 0 Å². The van der Waals surface area contributed by atoms with Crippen LogP contribution in [-0.4, -0.2) is 37.3 Å². The summed E-state index contributed by atoms with van der Waals surface area (Å²) < 4.78 is 0. The molecule has 1 unspecified atom stereocenters. The second kappa shape index (κ2) is 8.53. The summed E-state index contributed by atoms with van der Waals surface area (Å²) in [6, 6.07) is 0. The summed E-state index contributed by atoms with van der Waals surface area (Å²) in [4.78, 5) is 11.3. The van der Waals surface area contributed by atoms with Crippen molar-refractivity contribution in [1.29, 1.82) is 0 Å². The zero-order chi connectivity index (χ0) is 12.4. The Labute approximate surface area is 98.8 Å². The van der Waals surface area contributed by atoms with Gasteiger partial charge in [-0.3, -0.25) is 4.79 Å². The van der Waals surface area contributed by atoms with Crippen molar-refractivity contribution in [2.45, 2.75) is 40.0 Å². The van der Waals surface area contributed by atoms with E-state index in [1.165, 1.54) is 0 Å². The monoisotopic (exact) mass is 230 g/mol. The highest BCUT2D eigenvalue weighted by Gasteiger charge is 2.19. The lowest BCUT2D eigenvalue weighted by Crippen LogP contribution is -2.36. The van der Waals surface area contributed by atoms with Crippen LogP contribution in [-0.2, 0) is 4.79 Å². The predicted octanol–water partition coefficient (Wildman–Crippen LogP) is 0.901. The molecule has 0 heterocycles. The fourth-order valence-corrected chi connectivity index (χ4v) is 1.24. The first-order valence-corrected chi connectivity index (χ1v) is 6.16. The molecule has 0 spiro atoms. The van der Waals surface area contributed by atoms with E-state index >= 15 is 0 Å². The summed E-state index contributed by atoms with van der Waals surface area (Å²) in [6.45, 7) is 8.49. The molecule has 96 valence electrons. The molecule has 0 aliphatic carbocycles. The Kier molecular flexibility index (Phi) is 8.21. The lowest BCUT2D eigenvalue weighted by Gasteiger charge is -2.25. The molecule has 1 atom stereocenters. The molecule has 0 fully saturated rings. The van der Waals surface area contributed by atoms with Gasteiger partial charge < -0.3 is 15.7 Å². The fraction of sp³-hybridized carbons (Fsp3) is 0.917. The first kappa shape index (κ1) is 15.4. The van der Waals surface area contributed by atoms with E-state index in [-0.39, 0.29) is 17.9 Å². The largest absolute Gasteiger partial charge is 0.396 e. The molecule has 0 rings (SSSR count). The number of aliphatic hydroxyl groups excluding tert-OH is 1. The van der Waals surface area contributed by atoms with Crippen LogP contribution >= 0.6 is 0 Å². The molecule has 0 aliphatic heterocycles. The van der Waals surface area contributed by atoms with E-state index in [2.05, 4.69) is 17.6 Å². The minimum Gasteiger partial charge on any atom is -0.396 e. The quantitative estimate of drug-likeness (QED) is 0.516. The van der Waals surface area contributed by atoms with Crippen LogP contribution in [0.1, 0.15) is 40.0 Å². The molecule has 0 aliphatic rings. The van der Waals surface area contributed by atoms with Gasteiger partial charge in [-0.25, -0.2) is 0 Å². The molecule has 16 heavy (non-hydrogen) atoms. The number of nitrogens with one attached hydrogen (secondary N) is 2. The normalized spacial score (nSPS) is 14.5. The second-order valence-corrected chi connectivity index (χ2v) is 4.60. The molecule has 0 aromatic rings. The molecule has 0 aromatic carbocycles. The van der Waals surface area contributed by atoms with Gasteiger partial charge in [0.15, 0.2) is 0 Å². The maximum atomic E-state index is 11.3. The van der Waals surface area contributed by atoms with Gasteiger partial charge in [0.1, 0.15) is 0 Å². The third-order valence-corrected chi connectivity index (χ3v) is 2.89. The van der Waals surface area contributed by atoms with Crippen molar-refractivity contribution < 1.29 is 9.90 Å². The molecule has 0 saturated heterocycles. The Morgan fingerprint density at radius 1 is 1.31 bits per heavy atom. The zero-order valence-electron chi connectivity index (χ0n) is 10.8. The van der Waals surface area contributed by atoms with Gasteiger partial charge in [0.25, 0.3) is 0 Å². The smallest absolute Gasteiger partial charge is 0.221 e. The number of carbonyl (C=O) groups is 1. The van der Waals surface area contributed by atoms with Gasteiger partial charge in [0.05, 0.1) is 0 Å². The van der Waals surface area contributed by atoms with Gasteiger partial charge in [-0.2, -0.15) is 0 Å². The van der Waals surface area contributed by atoms with E-state index in [1.54, 1.807) is 0 Å². The van der Waals surface area contributed by atoms with Gasteiger partial charge in [-0.15, -0.1) is 0 Å². The minimum atomic E-state index is -0.0695. The lowest BCUT2D eigenvalue weighted by molar-refractivity contribution is -0.121. The van der Waals surface area contributed by atoms with Crippen LogP contribution in [0.3, 0.4) is 0 Å². The Bertz CT molecular complexity index is 191. The highest BCUT2D eigenvalue weighted by atomic mass is 16.3. The van der Waals surface area contributed by atoms with Gasteiger partial charge in [-0.1, -0.05) is 20.8 Å². The van der Waals surface area contributed by atoms with E-state index in [9.17, 15) is 9.90 Å². The van der Waals surface area contributed by atoms with Crippen molar-refractivity contribution >= 4 is 5.91 Å². The van der Waals surface area contributed by atoms with Crippen LogP contribution in [0, 0.1) is 5.41 Å². The Hall–Kier alpha value is -0.610. The SMILES string of the molecule is CCCNC(=O)CCNCC(C)(CC)CO. The van der Waals surface area contributed by atoms with E-state index < -0.39 is 0 Å². The van der Waals surface area contributed by atoms with Gasteiger partial charge in [-0.05, 0) is 12.8 Å². The number of aliphatic hydroxyl groups is 1. The van der Waals surface area contributed by atoms with Crippen molar-refractivity contribution in [1.82, 2.24) is 10.6 Å². The van der Waals surface area contributed by atoms with Crippen LogP contribution in [0.15, 0.2) is 0 Å². The summed E-state index contributed by atoms with van der Waals surface area (Å²) in [7, 11) is 0. The predicted molar refractivity (Wildman–Crippen MR) is 66.3 cm³/mol. The first-order chi connectivity index (χ1) is 7.58. The topological polar surface area (TPSA) is 61.4 Å². The Morgan fingerprint density at radius 3 is 2.50 bits per heavy atom. The van der Waals surface area contributed by atoms with E-state index in [4.69, 9.17) is 0 Å². The second-order valence-electron chi connectivity index (χ2n) is 4.60. The molecule has 0 aromatic heterocycles. The zero-order valence-corrected chi connectivity index (χ0v) is 10.8. The van der Waals surface area contributed by atoms with E-state index in [0.29, 0.717) is 13.0 Å². The average Bonchev–Trinajstić information content (AvgIpc) is 2.31. The average molecular weight is 230 g/mol. The Morgan fingerprint density at radius 2 is 2.00 bits per heavy atom. The van der Waals surface area contributed by atoms with Crippen molar-refractivity contribution in [2.75, 3.05) is 26.2 Å². The minimum absolute atomic E-state index is 0.0695. The summed E-state index contributed by atoms with van der Waals surface area (Å²) in [5.74, 6) is 0.0940. The van der Waals surface area contributed by atoms with Gasteiger partial charge in [0, 0.05) is 38.1 Å². The molecule has 4 nitrogen and oxygen atoms in total. The summed E-state index contributed by atoms with van der Waals surface area (Å²) >= 11 is 0. The molecule has 4 heteroatoms. The van der Waals surface area contributed by atoms with Crippen LogP contribution in [0.2, 0.25) is 0 Å². The number of hydrogen-bond donors (Lipinski definition) is 3. The van der Waals surface area contributed by atoms with Crippen molar-refractivity contribution in [3.05, 3.63) is 0 Å². The highest BCUT2D eigenvalue weighted by Crippen LogP contribution is 2.17. The first-order valence-electron chi connectivity index (χ1n) is 6.16. The number of amides is 1. The molecule has 0 bridgehead atoms. The summed E-state index contributed by atoms with van der Waals surface area (Å²) in [5, 5.41) is 15.2. The van der Waals surface area contributed by atoms with Crippen molar-refractivity contribution in [2.24, 2.45) is 5.41 Å². The third-order valence-electron chi connectivity index (χ3n) is 2.89. The molecule has 3 N–H and O–H groups in total. The maximum Gasteiger partial charge on any atom is 0.221 e. The van der Waals surface area contributed by atoms with Crippen molar-refractivity contribution in [3.8, 4) is 0 Å². The fourth-order valence-electron chi connectivity index (χ4n) is 1.24. The van der Waals surface area contributed by atoms with Crippen LogP contribution in [0.25, 0.3) is 0 Å². The van der Waals surface area contributed by atoms with Crippen molar-refractivity contribution in [3.63, 3.8) is 0 Å². The van der Waals surface area contributed by atoms with Gasteiger partial charge >= 0.3 is 0 Å². The highest BCUT2D eigenvalue weighted by molar-refractivity contribution is 5.75. The number of rotatable bonds is 9. The van der Waals surface area contributed by atoms with E-state index in [1.807, 2.05) is 13.8 Å². The van der Waals surface area contributed by atoms with E-state index in [0.717, 1.165) is 25.9 Å². The van der Waals surface area contributed by atoms with Crippen LogP contribution in [0.5, 0.6) is 0 Å². The number of hydrogen-bond acceptors (Lipinski definition) is 3. The molecule has 1 amide bonds.